The lowest BCUT2D eigenvalue weighted by Crippen LogP contribution is -2.52. The molecule has 0 radical (unpaired) electrons. The number of nitrogens with zero attached hydrogens (tertiary/aromatic N) is 1. The van der Waals surface area contributed by atoms with Gasteiger partial charge >= 0.3 is 0 Å². The third-order valence-electron chi connectivity index (χ3n) is 4.65. The van der Waals surface area contributed by atoms with Crippen molar-refractivity contribution >= 4 is 52.1 Å². The van der Waals surface area contributed by atoms with Gasteiger partial charge in [-0.15, -0.1) is 11.8 Å². The fraction of sp³-hybridized carbons (Fsp3) is 0.526. The van der Waals surface area contributed by atoms with Gasteiger partial charge in [0, 0.05) is 46.8 Å². The molecule has 3 amide bonds. The van der Waals surface area contributed by atoms with Crippen LogP contribution in [0.4, 0.5) is 0 Å². The van der Waals surface area contributed by atoms with Crippen molar-refractivity contribution in [1.29, 1.82) is 0 Å². The molecular weight excluding hydrogens is 479 g/mol. The summed E-state index contributed by atoms with van der Waals surface area (Å²) in [5.74, 6) is 0.166. The summed E-state index contributed by atoms with van der Waals surface area (Å²) in [5, 5.41) is 2.34. The van der Waals surface area contributed by atoms with Crippen LogP contribution in [0.5, 0.6) is 0 Å². The maximum Gasteiger partial charge on any atom is 0.255 e. The van der Waals surface area contributed by atoms with Gasteiger partial charge in [0.15, 0.2) is 0 Å². The van der Waals surface area contributed by atoms with Crippen LogP contribution >= 0.6 is 34.4 Å². The van der Waals surface area contributed by atoms with Crippen LogP contribution in [0.3, 0.4) is 0 Å². The number of benzene rings is 1. The monoisotopic (exact) mass is 502 g/mol. The summed E-state index contributed by atoms with van der Waals surface area (Å²) in [7, 11) is 0. The molecule has 6 nitrogen and oxygen atoms in total. The van der Waals surface area contributed by atoms with E-state index in [0.717, 1.165) is 46.7 Å². The second kappa shape index (κ2) is 9.88. The molecule has 0 spiro atoms. The van der Waals surface area contributed by atoms with Crippen molar-refractivity contribution in [2.24, 2.45) is 0 Å². The van der Waals surface area contributed by atoms with Gasteiger partial charge in [-0.1, -0.05) is 28.7 Å². The van der Waals surface area contributed by atoms with Gasteiger partial charge in [0.25, 0.3) is 5.91 Å². The number of amides is 3. The van der Waals surface area contributed by atoms with Crippen LogP contribution in [0, 0.1) is 0 Å². The Hall–Kier alpha value is -1.13. The van der Waals surface area contributed by atoms with Crippen LogP contribution in [0.15, 0.2) is 23.1 Å². The average molecular weight is 502 g/mol. The zero-order chi connectivity index (χ0) is 19.2. The molecule has 1 unspecified atom stereocenters. The molecule has 2 heterocycles. The summed E-state index contributed by atoms with van der Waals surface area (Å²) in [5.41, 5.74) is 1.66. The molecule has 0 bridgehead atoms. The number of thioether (sulfide) groups is 1. The van der Waals surface area contributed by atoms with E-state index >= 15 is 0 Å². The van der Waals surface area contributed by atoms with Crippen LogP contribution in [-0.2, 0) is 20.9 Å². The Morgan fingerprint density at radius 2 is 2.04 bits per heavy atom. The number of rotatable bonds is 9. The highest BCUT2D eigenvalue weighted by molar-refractivity contribution is 14.1. The van der Waals surface area contributed by atoms with E-state index in [0.29, 0.717) is 18.5 Å². The van der Waals surface area contributed by atoms with Gasteiger partial charge in [0.05, 0.1) is 0 Å². The van der Waals surface area contributed by atoms with Crippen LogP contribution in [0.25, 0.3) is 0 Å². The van der Waals surface area contributed by atoms with Crippen LogP contribution in [0.1, 0.15) is 41.6 Å². The van der Waals surface area contributed by atoms with Gasteiger partial charge in [-0.3, -0.25) is 19.7 Å². The third-order valence-corrected chi connectivity index (χ3v) is 6.60. The molecule has 27 heavy (non-hydrogen) atoms. The van der Waals surface area contributed by atoms with Gasteiger partial charge in [-0.05, 0) is 37.0 Å². The van der Waals surface area contributed by atoms with Gasteiger partial charge in [-0.25, -0.2) is 0 Å². The molecule has 1 atom stereocenters. The van der Waals surface area contributed by atoms with Gasteiger partial charge in [0.2, 0.25) is 11.8 Å². The number of alkyl halides is 1. The van der Waals surface area contributed by atoms with E-state index in [1.807, 2.05) is 18.2 Å². The van der Waals surface area contributed by atoms with Crippen LogP contribution in [0.2, 0.25) is 0 Å². The van der Waals surface area contributed by atoms with E-state index in [1.54, 1.807) is 16.7 Å². The molecule has 3 rings (SSSR count). The minimum absolute atomic E-state index is 0.121. The number of ether oxygens (including phenoxy) is 1. The van der Waals surface area contributed by atoms with Crippen molar-refractivity contribution in [2.75, 3.05) is 23.4 Å². The second-order valence-electron chi connectivity index (χ2n) is 6.54. The summed E-state index contributed by atoms with van der Waals surface area (Å²) >= 11 is 4.07. The number of hydrogen-bond donors (Lipinski definition) is 1. The Morgan fingerprint density at radius 3 is 2.81 bits per heavy atom. The van der Waals surface area contributed by atoms with E-state index in [4.69, 9.17) is 4.74 Å². The van der Waals surface area contributed by atoms with Gasteiger partial charge < -0.3 is 9.64 Å². The minimum atomic E-state index is -0.563. The zero-order valence-corrected chi connectivity index (χ0v) is 18.0. The van der Waals surface area contributed by atoms with Crippen molar-refractivity contribution in [2.45, 2.75) is 43.2 Å². The molecule has 2 aliphatic rings. The van der Waals surface area contributed by atoms with Crippen molar-refractivity contribution in [1.82, 2.24) is 10.2 Å². The average Bonchev–Trinajstić information content (AvgIpc) is 2.98. The highest BCUT2D eigenvalue weighted by atomic mass is 127. The van der Waals surface area contributed by atoms with E-state index in [9.17, 15) is 14.4 Å². The standard InChI is InChI=1S/C19H23IN2O4S/c20-8-2-9-26-10-3-11-27-16-5-1-4-13-14(16)12-22(19(13)25)15-6-7-17(23)21-18(15)24/h1,4-5,15H,2-3,6-12H2,(H,21,23,24). The van der Waals surface area contributed by atoms with Crippen molar-refractivity contribution in [3.8, 4) is 0 Å². The molecule has 0 saturated carbocycles. The normalized spacial score (nSPS) is 19.4. The highest BCUT2D eigenvalue weighted by Gasteiger charge is 2.39. The van der Waals surface area contributed by atoms with Crippen molar-refractivity contribution in [3.05, 3.63) is 29.3 Å². The highest BCUT2D eigenvalue weighted by Crippen LogP contribution is 2.34. The largest absolute Gasteiger partial charge is 0.381 e. The van der Waals surface area contributed by atoms with Crippen molar-refractivity contribution < 1.29 is 19.1 Å². The zero-order valence-electron chi connectivity index (χ0n) is 15.0. The Bertz CT molecular complexity index is 728. The molecule has 0 aliphatic carbocycles. The fourth-order valence-corrected chi connectivity index (χ4v) is 4.61. The first-order chi connectivity index (χ1) is 13.1. The first-order valence-corrected chi connectivity index (χ1v) is 11.7. The summed E-state index contributed by atoms with van der Waals surface area (Å²) in [4.78, 5) is 39.0. The molecule has 1 saturated heterocycles. The van der Waals surface area contributed by atoms with Crippen LogP contribution < -0.4 is 5.32 Å². The molecule has 1 N–H and O–H groups in total. The number of hydrogen-bond acceptors (Lipinski definition) is 5. The minimum Gasteiger partial charge on any atom is -0.381 e. The molecule has 2 aliphatic heterocycles. The fourth-order valence-electron chi connectivity index (χ4n) is 3.29. The van der Waals surface area contributed by atoms with E-state index in [2.05, 4.69) is 27.9 Å². The maximum atomic E-state index is 12.8. The summed E-state index contributed by atoms with van der Waals surface area (Å²) < 4.78 is 6.70. The first kappa shape index (κ1) is 20.6. The van der Waals surface area contributed by atoms with Gasteiger partial charge in [-0.2, -0.15) is 0 Å². The first-order valence-electron chi connectivity index (χ1n) is 9.15. The van der Waals surface area contributed by atoms with Gasteiger partial charge in [0.1, 0.15) is 6.04 Å². The lowest BCUT2D eigenvalue weighted by Gasteiger charge is -2.29. The van der Waals surface area contributed by atoms with E-state index in [1.165, 1.54) is 0 Å². The second-order valence-corrected chi connectivity index (χ2v) is 8.75. The summed E-state index contributed by atoms with van der Waals surface area (Å²) in [6, 6.07) is 5.18. The number of fused-ring (bicyclic) bond motifs is 1. The number of nitrogens with one attached hydrogen (secondary N) is 1. The number of piperidine rings is 1. The molecule has 146 valence electrons. The molecule has 8 heteroatoms. The topological polar surface area (TPSA) is 75.7 Å². The molecule has 1 aromatic rings. The van der Waals surface area contributed by atoms with Crippen LogP contribution in [-0.4, -0.2) is 52.1 Å². The Balaban J connectivity index is 1.59. The molecule has 1 fully saturated rings. The Morgan fingerprint density at radius 1 is 1.22 bits per heavy atom. The number of carbonyl (C=O) groups is 3. The predicted molar refractivity (Wildman–Crippen MR) is 112 cm³/mol. The molecule has 0 aromatic heterocycles. The van der Waals surface area contributed by atoms with E-state index < -0.39 is 6.04 Å². The molecular formula is C19H23IN2O4S. The smallest absolute Gasteiger partial charge is 0.255 e. The Kier molecular flexibility index (Phi) is 7.54. The quantitative estimate of drug-likeness (QED) is 0.185. The Labute approximate surface area is 176 Å². The predicted octanol–water partition coefficient (Wildman–Crippen LogP) is 2.77. The number of imide groups is 1. The summed E-state index contributed by atoms with van der Waals surface area (Å²) in [6.45, 7) is 1.99. The lowest BCUT2D eigenvalue weighted by molar-refractivity contribution is -0.136. The molecule has 1 aromatic carbocycles. The van der Waals surface area contributed by atoms with E-state index in [-0.39, 0.29) is 24.1 Å². The third kappa shape index (κ3) is 5.03. The lowest BCUT2D eigenvalue weighted by atomic mass is 10.0. The maximum absolute atomic E-state index is 12.8. The SMILES string of the molecule is O=C1CCC(N2Cc3c(SCCCOCCCI)cccc3C2=O)C(=O)N1. The number of halogens is 1. The number of carbonyl (C=O) groups excluding carboxylic acids is 3. The van der Waals surface area contributed by atoms with Crippen molar-refractivity contribution in [3.63, 3.8) is 0 Å². The summed E-state index contributed by atoms with van der Waals surface area (Å²) in [6.07, 6.45) is 2.70.